The highest BCUT2D eigenvalue weighted by atomic mass is 16.3. The molecule has 1 aliphatic carbocycles. The normalized spacial score (nSPS) is 28.0. The van der Waals surface area contributed by atoms with E-state index in [0.717, 1.165) is 32.2 Å². The molecule has 0 bridgehead atoms. The Morgan fingerprint density at radius 2 is 2.12 bits per heavy atom. The second kappa shape index (κ2) is 5.85. The van der Waals surface area contributed by atoms with Crippen LogP contribution in [0.3, 0.4) is 0 Å². The third kappa shape index (κ3) is 3.70. The van der Waals surface area contributed by atoms with Crippen LogP contribution in [0, 0.1) is 11.8 Å². The molecule has 2 fully saturated rings. The topological polar surface area (TPSA) is 40.5 Å². The van der Waals surface area contributed by atoms with E-state index in [9.17, 15) is 9.90 Å². The van der Waals surface area contributed by atoms with Crippen molar-refractivity contribution in [1.29, 1.82) is 0 Å². The fourth-order valence-corrected chi connectivity index (χ4v) is 2.84. The lowest BCUT2D eigenvalue weighted by Gasteiger charge is -2.23. The molecule has 3 heteroatoms. The van der Waals surface area contributed by atoms with Crippen LogP contribution in [-0.4, -0.2) is 35.1 Å². The van der Waals surface area contributed by atoms with Crippen molar-refractivity contribution >= 4 is 5.91 Å². The number of carbonyl (C=O) groups is 1. The van der Waals surface area contributed by atoms with Crippen molar-refractivity contribution in [2.24, 2.45) is 11.8 Å². The van der Waals surface area contributed by atoms with Crippen molar-refractivity contribution in [2.45, 2.75) is 58.0 Å². The van der Waals surface area contributed by atoms with E-state index in [2.05, 4.69) is 6.92 Å². The third-order valence-electron chi connectivity index (χ3n) is 4.20. The van der Waals surface area contributed by atoms with Crippen LogP contribution in [0.25, 0.3) is 0 Å². The van der Waals surface area contributed by atoms with Gasteiger partial charge in [-0.1, -0.05) is 19.8 Å². The van der Waals surface area contributed by atoms with E-state index in [1.807, 2.05) is 4.90 Å². The SMILES string of the molecule is CCCC1CCC(=O)N(CC(O)C2CC2)CC1. The number of β-amino-alcohol motifs (C(OH)–C–C–N with tert-alkyl or cyclic N) is 1. The maximum atomic E-state index is 12.0. The summed E-state index contributed by atoms with van der Waals surface area (Å²) in [6.45, 7) is 3.64. The highest BCUT2D eigenvalue weighted by molar-refractivity contribution is 5.76. The van der Waals surface area contributed by atoms with E-state index in [-0.39, 0.29) is 12.0 Å². The Hall–Kier alpha value is -0.570. The standard InChI is InChI=1S/C14H25NO2/c1-2-3-11-4-7-14(17)15(9-8-11)10-13(16)12-5-6-12/h11-13,16H,2-10H2,1H3. The molecule has 0 aromatic heterocycles. The van der Waals surface area contributed by atoms with E-state index in [4.69, 9.17) is 0 Å². The Morgan fingerprint density at radius 3 is 2.76 bits per heavy atom. The Morgan fingerprint density at radius 1 is 1.35 bits per heavy atom. The number of carbonyl (C=O) groups excluding carboxylic acids is 1. The van der Waals surface area contributed by atoms with E-state index < -0.39 is 0 Å². The molecule has 3 nitrogen and oxygen atoms in total. The van der Waals surface area contributed by atoms with E-state index in [0.29, 0.717) is 24.8 Å². The second-order valence-electron chi connectivity index (χ2n) is 5.73. The fourth-order valence-electron chi connectivity index (χ4n) is 2.84. The van der Waals surface area contributed by atoms with Crippen LogP contribution in [0.5, 0.6) is 0 Å². The molecule has 0 radical (unpaired) electrons. The monoisotopic (exact) mass is 239 g/mol. The van der Waals surface area contributed by atoms with E-state index in [1.54, 1.807) is 0 Å². The van der Waals surface area contributed by atoms with Gasteiger partial charge >= 0.3 is 0 Å². The first-order valence-electron chi connectivity index (χ1n) is 7.16. The molecule has 0 aromatic rings. The smallest absolute Gasteiger partial charge is 0.222 e. The predicted octanol–water partition coefficient (Wildman–Crippen LogP) is 2.19. The summed E-state index contributed by atoms with van der Waals surface area (Å²) in [7, 11) is 0. The van der Waals surface area contributed by atoms with Gasteiger partial charge in [0.05, 0.1) is 6.10 Å². The number of aliphatic hydroxyl groups is 1. The van der Waals surface area contributed by atoms with Gasteiger partial charge in [-0.2, -0.15) is 0 Å². The summed E-state index contributed by atoms with van der Waals surface area (Å²) in [4.78, 5) is 13.9. The molecular weight excluding hydrogens is 214 g/mol. The van der Waals surface area contributed by atoms with Crippen molar-refractivity contribution in [3.8, 4) is 0 Å². The van der Waals surface area contributed by atoms with Gasteiger partial charge in [-0.15, -0.1) is 0 Å². The number of amides is 1. The van der Waals surface area contributed by atoms with Crippen molar-refractivity contribution in [1.82, 2.24) is 4.90 Å². The van der Waals surface area contributed by atoms with Gasteiger partial charge in [0.1, 0.15) is 0 Å². The largest absolute Gasteiger partial charge is 0.391 e. The molecule has 2 rings (SSSR count). The van der Waals surface area contributed by atoms with Crippen LogP contribution in [0.15, 0.2) is 0 Å². The van der Waals surface area contributed by atoms with Gasteiger partial charge in [0.15, 0.2) is 0 Å². The molecule has 0 aromatic carbocycles. The quantitative estimate of drug-likeness (QED) is 0.799. The van der Waals surface area contributed by atoms with Crippen molar-refractivity contribution in [2.75, 3.05) is 13.1 Å². The predicted molar refractivity (Wildman–Crippen MR) is 67.6 cm³/mol. The first-order chi connectivity index (χ1) is 8.20. The molecule has 2 atom stereocenters. The molecule has 1 amide bonds. The fraction of sp³-hybridized carbons (Fsp3) is 0.929. The Kier molecular flexibility index (Phi) is 4.43. The molecule has 1 aliphatic heterocycles. The minimum absolute atomic E-state index is 0.253. The Labute approximate surface area is 104 Å². The van der Waals surface area contributed by atoms with Gasteiger partial charge in [-0.05, 0) is 37.5 Å². The van der Waals surface area contributed by atoms with Crippen LogP contribution in [0.2, 0.25) is 0 Å². The average Bonchev–Trinajstić information content (AvgIpc) is 3.13. The summed E-state index contributed by atoms with van der Waals surface area (Å²) in [6.07, 6.45) is 7.31. The molecule has 98 valence electrons. The molecule has 17 heavy (non-hydrogen) atoms. The molecule has 0 spiro atoms. The van der Waals surface area contributed by atoms with E-state index in [1.165, 1.54) is 12.8 Å². The lowest BCUT2D eigenvalue weighted by atomic mass is 9.96. The number of likely N-dealkylation sites (tertiary alicyclic amines) is 1. The maximum Gasteiger partial charge on any atom is 0.222 e. The highest BCUT2D eigenvalue weighted by Crippen LogP contribution is 2.33. The Balaban J connectivity index is 1.82. The van der Waals surface area contributed by atoms with Crippen LogP contribution >= 0.6 is 0 Å². The summed E-state index contributed by atoms with van der Waals surface area (Å²) in [5.74, 6) is 1.44. The lowest BCUT2D eigenvalue weighted by Crippen LogP contribution is -2.38. The summed E-state index contributed by atoms with van der Waals surface area (Å²) in [5, 5.41) is 9.93. The first-order valence-corrected chi connectivity index (χ1v) is 7.16. The van der Waals surface area contributed by atoms with Crippen LogP contribution < -0.4 is 0 Å². The van der Waals surface area contributed by atoms with Gasteiger partial charge < -0.3 is 10.0 Å². The van der Waals surface area contributed by atoms with Gasteiger partial charge in [-0.25, -0.2) is 0 Å². The minimum Gasteiger partial charge on any atom is -0.391 e. The lowest BCUT2D eigenvalue weighted by molar-refractivity contribution is -0.132. The second-order valence-corrected chi connectivity index (χ2v) is 5.73. The number of hydrogen-bond donors (Lipinski definition) is 1. The molecule has 1 heterocycles. The van der Waals surface area contributed by atoms with Gasteiger partial charge in [0, 0.05) is 19.5 Å². The molecular formula is C14H25NO2. The van der Waals surface area contributed by atoms with E-state index >= 15 is 0 Å². The minimum atomic E-state index is -0.276. The summed E-state index contributed by atoms with van der Waals surface area (Å²) in [6, 6.07) is 0. The van der Waals surface area contributed by atoms with Crippen LogP contribution in [0.1, 0.15) is 51.9 Å². The Bertz CT molecular complexity index is 263. The number of aliphatic hydroxyl groups excluding tert-OH is 1. The number of hydrogen-bond acceptors (Lipinski definition) is 2. The van der Waals surface area contributed by atoms with Crippen LogP contribution in [-0.2, 0) is 4.79 Å². The number of rotatable bonds is 5. The van der Waals surface area contributed by atoms with Crippen molar-refractivity contribution < 1.29 is 9.90 Å². The third-order valence-corrected chi connectivity index (χ3v) is 4.20. The molecule has 1 saturated heterocycles. The first kappa shape index (κ1) is 12.9. The van der Waals surface area contributed by atoms with Gasteiger partial charge in [-0.3, -0.25) is 4.79 Å². The van der Waals surface area contributed by atoms with Crippen molar-refractivity contribution in [3.63, 3.8) is 0 Å². The zero-order chi connectivity index (χ0) is 12.3. The highest BCUT2D eigenvalue weighted by Gasteiger charge is 2.32. The van der Waals surface area contributed by atoms with Gasteiger partial charge in [0.2, 0.25) is 5.91 Å². The molecule has 2 unspecified atom stereocenters. The summed E-state index contributed by atoms with van der Waals surface area (Å²) >= 11 is 0. The summed E-state index contributed by atoms with van der Waals surface area (Å²) < 4.78 is 0. The molecule has 1 saturated carbocycles. The zero-order valence-electron chi connectivity index (χ0n) is 10.9. The average molecular weight is 239 g/mol. The van der Waals surface area contributed by atoms with Crippen molar-refractivity contribution in [3.05, 3.63) is 0 Å². The summed E-state index contributed by atoms with van der Waals surface area (Å²) in [5.41, 5.74) is 0. The van der Waals surface area contributed by atoms with Crippen LogP contribution in [0.4, 0.5) is 0 Å². The zero-order valence-corrected chi connectivity index (χ0v) is 10.9. The number of nitrogens with zero attached hydrogens (tertiary/aromatic N) is 1. The van der Waals surface area contributed by atoms with Gasteiger partial charge in [0.25, 0.3) is 0 Å². The molecule has 2 aliphatic rings. The molecule has 1 N–H and O–H groups in total. The maximum absolute atomic E-state index is 12.0.